The van der Waals surface area contributed by atoms with Crippen molar-refractivity contribution < 1.29 is 0 Å². The standard InChI is InChI=1S/C11H15Cl2N/c1-3-7(2)11(14)8-4-9(12)6-10(13)5-8/h4-7,11H,3,14H2,1-2H3. The topological polar surface area (TPSA) is 26.0 Å². The number of hydrogen-bond acceptors (Lipinski definition) is 1. The molecule has 0 amide bonds. The minimum atomic E-state index is 0.0104. The molecular formula is C11H15Cl2N. The molecule has 0 aromatic heterocycles. The molecule has 0 bridgehead atoms. The van der Waals surface area contributed by atoms with Gasteiger partial charge in [-0.25, -0.2) is 0 Å². The minimum absolute atomic E-state index is 0.0104. The van der Waals surface area contributed by atoms with Gasteiger partial charge in [0.1, 0.15) is 0 Å². The van der Waals surface area contributed by atoms with E-state index in [1.807, 2.05) is 12.1 Å². The Morgan fingerprint density at radius 2 is 1.71 bits per heavy atom. The van der Waals surface area contributed by atoms with Crippen LogP contribution in [-0.2, 0) is 0 Å². The first-order valence-electron chi connectivity index (χ1n) is 4.76. The van der Waals surface area contributed by atoms with Gasteiger partial charge in [-0.1, -0.05) is 43.5 Å². The molecule has 0 radical (unpaired) electrons. The molecule has 1 rings (SSSR count). The van der Waals surface area contributed by atoms with Crippen molar-refractivity contribution in [2.45, 2.75) is 26.3 Å². The van der Waals surface area contributed by atoms with Gasteiger partial charge in [0.05, 0.1) is 0 Å². The van der Waals surface area contributed by atoms with Crippen molar-refractivity contribution in [3.63, 3.8) is 0 Å². The van der Waals surface area contributed by atoms with Crippen LogP contribution in [0.15, 0.2) is 18.2 Å². The lowest BCUT2D eigenvalue weighted by molar-refractivity contribution is 0.457. The maximum Gasteiger partial charge on any atom is 0.0424 e. The second-order valence-corrected chi connectivity index (χ2v) is 4.49. The van der Waals surface area contributed by atoms with Crippen molar-refractivity contribution in [2.24, 2.45) is 11.7 Å². The number of halogens is 2. The molecule has 0 aliphatic carbocycles. The summed E-state index contributed by atoms with van der Waals surface area (Å²) < 4.78 is 0. The second kappa shape index (κ2) is 5.01. The van der Waals surface area contributed by atoms with Crippen LogP contribution >= 0.6 is 23.2 Å². The summed E-state index contributed by atoms with van der Waals surface area (Å²) in [5.41, 5.74) is 7.08. The Labute approximate surface area is 95.2 Å². The van der Waals surface area contributed by atoms with Crippen molar-refractivity contribution in [1.29, 1.82) is 0 Å². The summed E-state index contributed by atoms with van der Waals surface area (Å²) in [6, 6.07) is 5.49. The zero-order valence-electron chi connectivity index (χ0n) is 8.43. The molecule has 2 atom stereocenters. The highest BCUT2D eigenvalue weighted by molar-refractivity contribution is 6.34. The molecule has 0 heterocycles. The van der Waals surface area contributed by atoms with Crippen LogP contribution in [-0.4, -0.2) is 0 Å². The Hall–Kier alpha value is -0.240. The average Bonchev–Trinajstić information content (AvgIpc) is 2.14. The fourth-order valence-corrected chi connectivity index (χ4v) is 1.89. The van der Waals surface area contributed by atoms with Crippen LogP contribution in [0.1, 0.15) is 31.9 Å². The predicted octanol–water partition coefficient (Wildman–Crippen LogP) is 4.04. The zero-order valence-corrected chi connectivity index (χ0v) is 9.94. The SMILES string of the molecule is CCC(C)C(N)c1cc(Cl)cc(Cl)c1. The van der Waals surface area contributed by atoms with Crippen LogP contribution in [0.5, 0.6) is 0 Å². The van der Waals surface area contributed by atoms with Crippen molar-refractivity contribution in [2.75, 3.05) is 0 Å². The third kappa shape index (κ3) is 2.88. The van der Waals surface area contributed by atoms with Crippen molar-refractivity contribution >= 4 is 23.2 Å². The summed E-state index contributed by atoms with van der Waals surface area (Å²) in [7, 11) is 0. The Kier molecular flexibility index (Phi) is 4.24. The Bertz CT molecular complexity index is 292. The molecule has 0 aliphatic rings. The second-order valence-electron chi connectivity index (χ2n) is 3.61. The van der Waals surface area contributed by atoms with Gasteiger partial charge < -0.3 is 5.73 Å². The van der Waals surface area contributed by atoms with Crippen LogP contribution in [0.3, 0.4) is 0 Å². The van der Waals surface area contributed by atoms with Gasteiger partial charge in [-0.05, 0) is 29.7 Å². The van der Waals surface area contributed by atoms with Gasteiger partial charge in [0, 0.05) is 16.1 Å². The molecule has 0 fully saturated rings. The van der Waals surface area contributed by atoms with Crippen LogP contribution in [0.2, 0.25) is 10.0 Å². The molecule has 2 unspecified atom stereocenters. The van der Waals surface area contributed by atoms with Crippen molar-refractivity contribution in [1.82, 2.24) is 0 Å². The largest absolute Gasteiger partial charge is 0.324 e. The average molecular weight is 232 g/mol. The van der Waals surface area contributed by atoms with Crippen molar-refractivity contribution in [3.05, 3.63) is 33.8 Å². The molecule has 0 saturated carbocycles. The van der Waals surface area contributed by atoms with E-state index in [2.05, 4.69) is 13.8 Å². The molecule has 1 aromatic carbocycles. The predicted molar refractivity (Wildman–Crippen MR) is 62.8 cm³/mol. The first-order chi connectivity index (χ1) is 6.54. The van der Waals surface area contributed by atoms with Gasteiger partial charge in [-0.15, -0.1) is 0 Å². The van der Waals surface area contributed by atoms with Crippen LogP contribution in [0.25, 0.3) is 0 Å². The number of rotatable bonds is 3. The lowest BCUT2D eigenvalue weighted by Crippen LogP contribution is -2.18. The molecule has 0 saturated heterocycles. The summed E-state index contributed by atoms with van der Waals surface area (Å²) in [6.45, 7) is 4.25. The first kappa shape index (κ1) is 11.8. The van der Waals surface area contributed by atoms with Gasteiger partial charge in [-0.2, -0.15) is 0 Å². The third-order valence-corrected chi connectivity index (χ3v) is 2.96. The summed E-state index contributed by atoms with van der Waals surface area (Å²) in [5.74, 6) is 0.435. The molecule has 3 heteroatoms. The molecule has 1 aromatic rings. The van der Waals surface area contributed by atoms with E-state index in [1.54, 1.807) is 6.07 Å². The van der Waals surface area contributed by atoms with Gasteiger partial charge >= 0.3 is 0 Å². The number of hydrogen-bond donors (Lipinski definition) is 1. The normalized spacial score (nSPS) is 15.2. The highest BCUT2D eigenvalue weighted by Gasteiger charge is 2.13. The van der Waals surface area contributed by atoms with E-state index in [-0.39, 0.29) is 6.04 Å². The van der Waals surface area contributed by atoms with Crippen LogP contribution in [0, 0.1) is 5.92 Å². The van der Waals surface area contributed by atoms with Crippen LogP contribution < -0.4 is 5.73 Å². The first-order valence-corrected chi connectivity index (χ1v) is 5.51. The Balaban J connectivity index is 2.94. The fraction of sp³-hybridized carbons (Fsp3) is 0.455. The highest BCUT2D eigenvalue weighted by Crippen LogP contribution is 2.27. The molecule has 2 N–H and O–H groups in total. The Morgan fingerprint density at radius 1 is 1.21 bits per heavy atom. The van der Waals surface area contributed by atoms with E-state index >= 15 is 0 Å². The van der Waals surface area contributed by atoms with Crippen molar-refractivity contribution in [3.8, 4) is 0 Å². The number of benzene rings is 1. The molecule has 14 heavy (non-hydrogen) atoms. The molecular weight excluding hydrogens is 217 g/mol. The van der Waals surface area contributed by atoms with E-state index < -0.39 is 0 Å². The quantitative estimate of drug-likeness (QED) is 0.836. The lowest BCUT2D eigenvalue weighted by Gasteiger charge is -2.19. The van der Waals surface area contributed by atoms with Crippen LogP contribution in [0.4, 0.5) is 0 Å². The Morgan fingerprint density at radius 3 is 2.14 bits per heavy atom. The maximum absolute atomic E-state index is 6.07. The fourth-order valence-electron chi connectivity index (χ4n) is 1.35. The van der Waals surface area contributed by atoms with E-state index in [0.29, 0.717) is 16.0 Å². The molecule has 0 aliphatic heterocycles. The summed E-state index contributed by atoms with van der Waals surface area (Å²) in [6.07, 6.45) is 1.05. The summed E-state index contributed by atoms with van der Waals surface area (Å²) >= 11 is 11.8. The lowest BCUT2D eigenvalue weighted by atomic mass is 9.93. The monoisotopic (exact) mass is 231 g/mol. The van der Waals surface area contributed by atoms with Gasteiger partial charge in [0.2, 0.25) is 0 Å². The van der Waals surface area contributed by atoms with E-state index in [4.69, 9.17) is 28.9 Å². The number of nitrogens with two attached hydrogens (primary N) is 1. The minimum Gasteiger partial charge on any atom is -0.324 e. The van der Waals surface area contributed by atoms with Gasteiger partial charge in [-0.3, -0.25) is 0 Å². The summed E-state index contributed by atoms with van der Waals surface area (Å²) in [4.78, 5) is 0. The third-order valence-electron chi connectivity index (χ3n) is 2.53. The molecule has 78 valence electrons. The van der Waals surface area contributed by atoms with E-state index in [1.165, 1.54) is 0 Å². The van der Waals surface area contributed by atoms with E-state index in [9.17, 15) is 0 Å². The molecule has 1 nitrogen and oxygen atoms in total. The summed E-state index contributed by atoms with van der Waals surface area (Å²) in [5, 5.41) is 1.29. The highest BCUT2D eigenvalue weighted by atomic mass is 35.5. The smallest absolute Gasteiger partial charge is 0.0424 e. The maximum atomic E-state index is 6.07. The zero-order chi connectivity index (χ0) is 10.7. The van der Waals surface area contributed by atoms with Gasteiger partial charge in [0.15, 0.2) is 0 Å². The molecule has 0 spiro atoms. The van der Waals surface area contributed by atoms with Gasteiger partial charge in [0.25, 0.3) is 0 Å². The van der Waals surface area contributed by atoms with E-state index in [0.717, 1.165) is 12.0 Å².